The first-order chi connectivity index (χ1) is 17.4. The summed E-state index contributed by atoms with van der Waals surface area (Å²) in [5, 5.41) is 10.7. The second-order valence-corrected chi connectivity index (χ2v) is 8.49. The Kier molecular flexibility index (Phi) is 7.01. The van der Waals surface area contributed by atoms with Crippen molar-refractivity contribution in [3.8, 4) is 17.2 Å². The number of amides is 1. The van der Waals surface area contributed by atoms with Crippen LogP contribution in [0, 0.1) is 0 Å². The lowest BCUT2D eigenvalue weighted by Crippen LogP contribution is -2.49. The van der Waals surface area contributed by atoms with Crippen molar-refractivity contribution >= 4 is 11.7 Å². The largest absolute Gasteiger partial charge is 0.503 e. The van der Waals surface area contributed by atoms with Crippen LogP contribution in [0.1, 0.15) is 34.0 Å². The number of aliphatic hydroxyl groups excluding tert-OH is 1. The van der Waals surface area contributed by atoms with Gasteiger partial charge < -0.3 is 24.2 Å². The highest BCUT2D eigenvalue weighted by atomic mass is 16.5. The van der Waals surface area contributed by atoms with E-state index >= 15 is 0 Å². The van der Waals surface area contributed by atoms with Crippen LogP contribution in [0.2, 0.25) is 0 Å². The molecule has 0 aromatic heterocycles. The number of ketones is 1. The summed E-state index contributed by atoms with van der Waals surface area (Å²) in [6.07, 6.45) is 2.16. The van der Waals surface area contributed by atoms with E-state index in [2.05, 4.69) is 0 Å². The number of hydrogen-bond acceptors (Lipinski definition) is 6. The van der Waals surface area contributed by atoms with Crippen molar-refractivity contribution in [3.05, 3.63) is 101 Å². The average molecular weight is 488 g/mol. The molecule has 7 heteroatoms. The summed E-state index contributed by atoms with van der Waals surface area (Å²) in [5.74, 6) is 0.00892. The predicted molar refractivity (Wildman–Crippen MR) is 136 cm³/mol. The summed E-state index contributed by atoms with van der Waals surface area (Å²) in [6, 6.07) is 19.6. The van der Waals surface area contributed by atoms with Crippen molar-refractivity contribution < 1.29 is 28.9 Å². The van der Waals surface area contributed by atoms with Crippen molar-refractivity contribution in [1.82, 2.24) is 4.90 Å². The van der Waals surface area contributed by atoms with Crippen LogP contribution < -0.4 is 14.2 Å². The molecule has 1 atom stereocenters. The van der Waals surface area contributed by atoms with Crippen LogP contribution >= 0.6 is 0 Å². The molecular weight excluding hydrogens is 458 g/mol. The van der Waals surface area contributed by atoms with E-state index in [1.807, 2.05) is 31.2 Å². The zero-order chi connectivity index (χ0) is 25.9. The molecule has 3 aromatic carbocycles. The number of Topliss-reactive ketones (excluding diaryl/α,β-unsaturated/α-hetero) is 1. The fourth-order valence-electron chi connectivity index (χ4n) is 4.53. The Hall–Kier alpha value is -4.26. The normalized spacial score (nSPS) is 17.1. The molecule has 0 bridgehead atoms. The molecular formula is C29H29NO6. The molecule has 3 aromatic rings. The Balaban J connectivity index is 1.92. The molecule has 36 heavy (non-hydrogen) atoms. The van der Waals surface area contributed by atoms with Gasteiger partial charge in [0.25, 0.3) is 5.91 Å². The SMILES string of the molecule is CCc1ccc(C(=O)C2(c3ccc(OC)c(OC)c3)C=C(O)C(=O)N2Cc2cccc(OC)c2)cc1. The summed E-state index contributed by atoms with van der Waals surface area (Å²) in [4.78, 5) is 29.0. The first-order valence-electron chi connectivity index (χ1n) is 11.6. The van der Waals surface area contributed by atoms with Crippen LogP contribution in [-0.4, -0.2) is 43.0 Å². The summed E-state index contributed by atoms with van der Waals surface area (Å²) in [5.41, 5.74) is 1.09. The zero-order valence-electron chi connectivity index (χ0n) is 20.8. The molecule has 0 aliphatic carbocycles. The van der Waals surface area contributed by atoms with Gasteiger partial charge in [-0.1, -0.05) is 49.4 Å². The third-order valence-electron chi connectivity index (χ3n) is 6.50. The van der Waals surface area contributed by atoms with Crippen LogP contribution in [0.25, 0.3) is 0 Å². The maximum Gasteiger partial charge on any atom is 0.290 e. The van der Waals surface area contributed by atoms with E-state index in [1.165, 1.54) is 25.2 Å². The number of rotatable bonds is 9. The number of carbonyl (C=O) groups excluding carboxylic acids is 2. The maximum atomic E-state index is 14.3. The first-order valence-corrected chi connectivity index (χ1v) is 11.6. The summed E-state index contributed by atoms with van der Waals surface area (Å²) < 4.78 is 16.2. The molecule has 1 unspecified atom stereocenters. The standard InChI is InChI=1S/C29H29NO6/c1-5-19-9-11-21(12-10-19)27(32)29(22-13-14-25(35-3)26(16-22)36-4)17-24(31)28(33)30(29)18-20-7-6-8-23(15-20)34-2/h6-17,31H,5,18H2,1-4H3. The molecule has 0 fully saturated rings. The molecule has 0 saturated heterocycles. The van der Waals surface area contributed by atoms with Gasteiger partial charge in [0.2, 0.25) is 0 Å². The van der Waals surface area contributed by atoms with Gasteiger partial charge in [-0.05, 0) is 47.4 Å². The number of benzene rings is 3. The third-order valence-corrected chi connectivity index (χ3v) is 6.50. The maximum absolute atomic E-state index is 14.3. The van der Waals surface area contributed by atoms with E-state index in [9.17, 15) is 14.7 Å². The van der Waals surface area contributed by atoms with E-state index < -0.39 is 17.2 Å². The summed E-state index contributed by atoms with van der Waals surface area (Å²) >= 11 is 0. The van der Waals surface area contributed by atoms with Gasteiger partial charge in [-0.2, -0.15) is 0 Å². The Labute approximate surface area is 210 Å². The summed E-state index contributed by atoms with van der Waals surface area (Å²) in [6.45, 7) is 2.10. The van der Waals surface area contributed by atoms with E-state index in [0.29, 0.717) is 28.4 Å². The molecule has 186 valence electrons. The van der Waals surface area contributed by atoms with E-state index in [0.717, 1.165) is 17.5 Å². The molecule has 0 spiro atoms. The predicted octanol–water partition coefficient (Wildman–Crippen LogP) is 4.84. The molecule has 1 amide bonds. The monoisotopic (exact) mass is 487 g/mol. The van der Waals surface area contributed by atoms with Gasteiger partial charge in [0, 0.05) is 18.2 Å². The van der Waals surface area contributed by atoms with Crippen LogP contribution in [0.3, 0.4) is 0 Å². The molecule has 1 aliphatic rings. The van der Waals surface area contributed by atoms with Crippen molar-refractivity contribution in [2.45, 2.75) is 25.4 Å². The number of hydrogen-bond donors (Lipinski definition) is 1. The highest BCUT2D eigenvalue weighted by Crippen LogP contribution is 2.44. The molecule has 0 saturated carbocycles. The van der Waals surface area contributed by atoms with Gasteiger partial charge in [-0.15, -0.1) is 0 Å². The van der Waals surface area contributed by atoms with E-state index in [4.69, 9.17) is 14.2 Å². The average Bonchev–Trinajstić information content (AvgIpc) is 3.18. The number of nitrogens with zero attached hydrogens (tertiary/aromatic N) is 1. The Morgan fingerprint density at radius 2 is 1.61 bits per heavy atom. The summed E-state index contributed by atoms with van der Waals surface area (Å²) in [7, 11) is 4.58. The third kappa shape index (κ3) is 4.28. The lowest BCUT2D eigenvalue weighted by atomic mass is 9.81. The van der Waals surface area contributed by atoms with E-state index in [-0.39, 0.29) is 12.3 Å². The van der Waals surface area contributed by atoms with Crippen LogP contribution in [0.5, 0.6) is 17.2 Å². The second kappa shape index (κ2) is 10.2. The number of carbonyl (C=O) groups is 2. The van der Waals surface area contributed by atoms with Crippen molar-refractivity contribution in [1.29, 1.82) is 0 Å². The van der Waals surface area contributed by atoms with Gasteiger partial charge >= 0.3 is 0 Å². The number of ether oxygens (including phenoxy) is 3. The first kappa shape index (κ1) is 24.9. The van der Waals surface area contributed by atoms with Crippen LogP contribution in [-0.2, 0) is 23.3 Å². The smallest absolute Gasteiger partial charge is 0.290 e. The Bertz CT molecular complexity index is 1310. The molecule has 1 N–H and O–H groups in total. The lowest BCUT2D eigenvalue weighted by Gasteiger charge is -2.37. The van der Waals surface area contributed by atoms with Crippen molar-refractivity contribution in [3.63, 3.8) is 0 Å². The quantitative estimate of drug-likeness (QED) is 0.435. The van der Waals surface area contributed by atoms with Gasteiger partial charge in [-0.3, -0.25) is 9.59 Å². The number of aliphatic hydroxyl groups is 1. The molecule has 1 heterocycles. The van der Waals surface area contributed by atoms with Crippen LogP contribution in [0.4, 0.5) is 0 Å². The van der Waals surface area contributed by atoms with Crippen molar-refractivity contribution in [2.24, 2.45) is 0 Å². The highest BCUT2D eigenvalue weighted by Gasteiger charge is 2.52. The Morgan fingerprint density at radius 3 is 2.25 bits per heavy atom. The fraction of sp³-hybridized carbons (Fsp3) is 0.241. The minimum Gasteiger partial charge on any atom is -0.503 e. The topological polar surface area (TPSA) is 85.3 Å². The Morgan fingerprint density at radius 1 is 0.889 bits per heavy atom. The fourth-order valence-corrected chi connectivity index (χ4v) is 4.53. The molecule has 0 radical (unpaired) electrons. The van der Waals surface area contributed by atoms with Gasteiger partial charge in [0.1, 0.15) is 5.75 Å². The van der Waals surface area contributed by atoms with E-state index in [1.54, 1.807) is 49.6 Å². The van der Waals surface area contributed by atoms with Crippen LogP contribution in [0.15, 0.2) is 78.6 Å². The molecule has 1 aliphatic heterocycles. The lowest BCUT2D eigenvalue weighted by molar-refractivity contribution is -0.131. The second-order valence-electron chi connectivity index (χ2n) is 8.49. The van der Waals surface area contributed by atoms with Gasteiger partial charge in [-0.25, -0.2) is 0 Å². The highest BCUT2D eigenvalue weighted by molar-refractivity contribution is 6.11. The van der Waals surface area contributed by atoms with Gasteiger partial charge in [0.15, 0.2) is 28.6 Å². The zero-order valence-corrected chi connectivity index (χ0v) is 20.8. The number of methoxy groups -OCH3 is 3. The minimum atomic E-state index is -1.61. The molecule has 4 rings (SSSR count). The molecule has 7 nitrogen and oxygen atoms in total. The van der Waals surface area contributed by atoms with Gasteiger partial charge in [0.05, 0.1) is 21.3 Å². The van der Waals surface area contributed by atoms with Crippen molar-refractivity contribution in [2.75, 3.05) is 21.3 Å². The number of aryl methyl sites for hydroxylation is 1. The minimum absolute atomic E-state index is 0.0592.